The highest BCUT2D eigenvalue weighted by Crippen LogP contribution is 2.35. The van der Waals surface area contributed by atoms with Crippen molar-refractivity contribution in [3.05, 3.63) is 28.2 Å². The molecule has 0 N–H and O–H groups in total. The predicted octanol–water partition coefficient (Wildman–Crippen LogP) is 4.68. The Balaban J connectivity index is 2.07. The van der Waals surface area contributed by atoms with E-state index in [0.717, 1.165) is 31.7 Å². The molecule has 0 heterocycles. The average molecular weight is 305 g/mol. The van der Waals surface area contributed by atoms with Gasteiger partial charge in [0.25, 0.3) is 0 Å². The average Bonchev–Trinajstić information content (AvgIpc) is 2.78. The van der Waals surface area contributed by atoms with Crippen LogP contribution >= 0.6 is 15.9 Å². The van der Waals surface area contributed by atoms with E-state index >= 15 is 0 Å². The van der Waals surface area contributed by atoms with E-state index in [1.807, 2.05) is 0 Å². The third kappa shape index (κ3) is 2.79. The fraction of sp³-hybridized carbons (Fsp3) is 0.538. The van der Waals surface area contributed by atoms with Crippen LogP contribution in [-0.4, -0.2) is 6.10 Å². The van der Waals surface area contributed by atoms with E-state index in [1.165, 1.54) is 6.07 Å². The normalized spacial score (nSPS) is 24.0. The molecule has 0 bridgehead atoms. The maximum absolute atomic E-state index is 13.3. The molecular weight excluding hydrogens is 290 g/mol. The number of hydrogen-bond donors (Lipinski definition) is 0. The fourth-order valence-electron chi connectivity index (χ4n) is 2.29. The molecule has 0 radical (unpaired) electrons. The van der Waals surface area contributed by atoms with Gasteiger partial charge in [0.2, 0.25) is 0 Å². The molecule has 1 saturated carbocycles. The van der Waals surface area contributed by atoms with E-state index in [9.17, 15) is 8.78 Å². The molecular formula is C13H15BrF2O. The van der Waals surface area contributed by atoms with Crippen molar-refractivity contribution in [1.82, 2.24) is 0 Å². The summed E-state index contributed by atoms with van der Waals surface area (Å²) in [6.45, 7) is 2.17. The molecule has 1 fully saturated rings. The van der Waals surface area contributed by atoms with Gasteiger partial charge in [-0.2, -0.15) is 0 Å². The van der Waals surface area contributed by atoms with Gasteiger partial charge in [-0.15, -0.1) is 0 Å². The highest BCUT2D eigenvalue weighted by atomic mass is 79.9. The van der Waals surface area contributed by atoms with Crippen molar-refractivity contribution in [1.29, 1.82) is 0 Å². The van der Waals surface area contributed by atoms with Crippen LogP contribution in [-0.2, 0) is 0 Å². The van der Waals surface area contributed by atoms with Gasteiger partial charge in [-0.3, -0.25) is 0 Å². The van der Waals surface area contributed by atoms with E-state index in [0.29, 0.717) is 11.7 Å². The summed E-state index contributed by atoms with van der Waals surface area (Å²) in [6.07, 6.45) is 4.42. The number of ether oxygens (including phenoxy) is 1. The summed E-state index contributed by atoms with van der Waals surface area (Å²) in [5.74, 6) is -0.649. The van der Waals surface area contributed by atoms with Crippen LogP contribution in [0.15, 0.2) is 16.6 Å². The van der Waals surface area contributed by atoms with Crippen molar-refractivity contribution in [2.45, 2.75) is 38.7 Å². The van der Waals surface area contributed by atoms with Gasteiger partial charge in [-0.25, -0.2) is 8.78 Å². The van der Waals surface area contributed by atoms with Crippen LogP contribution in [0.1, 0.15) is 32.6 Å². The lowest BCUT2D eigenvalue weighted by molar-refractivity contribution is 0.201. The van der Waals surface area contributed by atoms with Crippen molar-refractivity contribution in [3.63, 3.8) is 0 Å². The number of benzene rings is 1. The van der Waals surface area contributed by atoms with Gasteiger partial charge < -0.3 is 4.74 Å². The van der Waals surface area contributed by atoms with Crippen LogP contribution in [0.25, 0.3) is 0 Å². The minimum atomic E-state index is -0.882. The van der Waals surface area contributed by atoms with Crippen molar-refractivity contribution >= 4 is 15.9 Å². The summed E-state index contributed by atoms with van der Waals surface area (Å²) >= 11 is 3.03. The highest BCUT2D eigenvalue weighted by molar-refractivity contribution is 9.10. The van der Waals surface area contributed by atoms with E-state index in [1.54, 1.807) is 0 Å². The van der Waals surface area contributed by atoms with E-state index in [-0.39, 0.29) is 10.6 Å². The summed E-state index contributed by atoms with van der Waals surface area (Å²) in [7, 11) is 0. The summed E-state index contributed by atoms with van der Waals surface area (Å²) in [5.41, 5.74) is 0. The van der Waals surface area contributed by atoms with Crippen molar-refractivity contribution < 1.29 is 13.5 Å². The number of hydrogen-bond acceptors (Lipinski definition) is 1. The number of halogens is 3. The summed E-state index contributed by atoms with van der Waals surface area (Å²) in [4.78, 5) is 0. The maximum atomic E-state index is 13.3. The first kappa shape index (κ1) is 12.8. The van der Waals surface area contributed by atoms with Crippen LogP contribution in [0, 0.1) is 17.6 Å². The van der Waals surface area contributed by atoms with Crippen molar-refractivity contribution in [2.24, 2.45) is 5.92 Å². The Labute approximate surface area is 108 Å². The molecule has 94 valence electrons. The van der Waals surface area contributed by atoms with Crippen molar-refractivity contribution in [2.75, 3.05) is 0 Å². The van der Waals surface area contributed by atoms with Crippen LogP contribution < -0.4 is 4.74 Å². The molecule has 2 atom stereocenters. The molecule has 0 aliphatic heterocycles. The van der Waals surface area contributed by atoms with Gasteiger partial charge in [-0.05, 0) is 53.2 Å². The van der Waals surface area contributed by atoms with E-state index in [2.05, 4.69) is 22.9 Å². The predicted molar refractivity (Wildman–Crippen MR) is 66.1 cm³/mol. The second-order valence-corrected chi connectivity index (χ2v) is 5.29. The van der Waals surface area contributed by atoms with Gasteiger partial charge in [0.15, 0.2) is 11.6 Å². The number of rotatable bonds is 3. The Morgan fingerprint density at radius 2 is 2.12 bits per heavy atom. The summed E-state index contributed by atoms with van der Waals surface area (Å²) in [6, 6.07) is 2.57. The Hall–Kier alpha value is -0.640. The topological polar surface area (TPSA) is 9.23 Å². The van der Waals surface area contributed by atoms with Gasteiger partial charge in [0, 0.05) is 0 Å². The van der Waals surface area contributed by atoms with Crippen LogP contribution in [0.2, 0.25) is 0 Å². The second-order valence-electron chi connectivity index (χ2n) is 4.50. The minimum absolute atomic E-state index is 0.0810. The molecule has 1 aliphatic rings. The maximum Gasteiger partial charge on any atom is 0.176 e. The molecule has 17 heavy (non-hydrogen) atoms. The summed E-state index contributed by atoms with van der Waals surface area (Å²) < 4.78 is 32.0. The largest absolute Gasteiger partial charge is 0.489 e. The Kier molecular flexibility index (Phi) is 4.02. The standard InChI is InChI=1S/C13H15BrF2O/c1-2-8-3-4-9(7-8)17-11-6-5-10(15)13(16)12(11)14/h5-6,8-9H,2-4,7H2,1H3/t8-,9-/m1/s1. The zero-order valence-electron chi connectivity index (χ0n) is 9.68. The molecule has 1 aromatic rings. The zero-order chi connectivity index (χ0) is 12.4. The third-order valence-corrected chi connectivity index (χ3v) is 4.10. The molecule has 0 aromatic heterocycles. The van der Waals surface area contributed by atoms with E-state index < -0.39 is 11.6 Å². The second kappa shape index (κ2) is 5.34. The van der Waals surface area contributed by atoms with Crippen LogP contribution in [0.3, 0.4) is 0 Å². The molecule has 2 rings (SSSR count). The lowest BCUT2D eigenvalue weighted by Gasteiger charge is -2.15. The Bertz CT molecular complexity index is 409. The lowest BCUT2D eigenvalue weighted by Crippen LogP contribution is -2.12. The minimum Gasteiger partial charge on any atom is -0.489 e. The molecule has 4 heteroatoms. The monoisotopic (exact) mass is 304 g/mol. The van der Waals surface area contributed by atoms with Gasteiger partial charge in [0.1, 0.15) is 5.75 Å². The van der Waals surface area contributed by atoms with Crippen LogP contribution in [0.4, 0.5) is 8.78 Å². The first-order valence-corrected chi connectivity index (χ1v) is 6.71. The smallest absolute Gasteiger partial charge is 0.176 e. The first-order chi connectivity index (χ1) is 8.11. The Morgan fingerprint density at radius 3 is 2.76 bits per heavy atom. The highest BCUT2D eigenvalue weighted by Gasteiger charge is 2.26. The summed E-state index contributed by atoms with van der Waals surface area (Å²) in [5, 5.41) is 0. The van der Waals surface area contributed by atoms with Gasteiger partial charge >= 0.3 is 0 Å². The van der Waals surface area contributed by atoms with Crippen molar-refractivity contribution in [3.8, 4) is 5.75 Å². The molecule has 0 amide bonds. The van der Waals surface area contributed by atoms with Gasteiger partial charge in [0.05, 0.1) is 10.6 Å². The lowest BCUT2D eigenvalue weighted by atomic mass is 10.1. The van der Waals surface area contributed by atoms with Gasteiger partial charge in [-0.1, -0.05) is 13.3 Å². The van der Waals surface area contributed by atoms with E-state index in [4.69, 9.17) is 4.74 Å². The molecule has 1 nitrogen and oxygen atoms in total. The molecule has 0 saturated heterocycles. The molecule has 0 spiro atoms. The quantitative estimate of drug-likeness (QED) is 0.736. The molecule has 0 unspecified atom stereocenters. The molecule has 1 aromatic carbocycles. The zero-order valence-corrected chi connectivity index (χ0v) is 11.3. The Morgan fingerprint density at radius 1 is 1.35 bits per heavy atom. The first-order valence-electron chi connectivity index (χ1n) is 5.92. The fourth-order valence-corrected chi connectivity index (χ4v) is 2.70. The SMILES string of the molecule is CC[C@@H]1CC[C@@H](Oc2ccc(F)c(F)c2Br)C1. The third-order valence-electron chi connectivity index (χ3n) is 3.36. The van der Waals surface area contributed by atoms with Crippen LogP contribution in [0.5, 0.6) is 5.75 Å². The molecule has 1 aliphatic carbocycles.